The molecule has 74 heavy (non-hydrogen) atoms. The summed E-state index contributed by atoms with van der Waals surface area (Å²) in [7, 11) is 0. The highest BCUT2D eigenvalue weighted by atomic mass is 32.2. The number of rotatable bonds is 28. The van der Waals surface area contributed by atoms with Gasteiger partial charge in [0, 0.05) is 70.6 Å². The third-order valence-electron chi connectivity index (χ3n) is 12.8. The van der Waals surface area contributed by atoms with Crippen molar-refractivity contribution in [2.24, 2.45) is 17.2 Å². The van der Waals surface area contributed by atoms with Gasteiger partial charge in [0.15, 0.2) is 0 Å². The van der Waals surface area contributed by atoms with Gasteiger partial charge in [0.1, 0.15) is 42.3 Å². The molecule has 7 atom stereocenters. The van der Waals surface area contributed by atoms with E-state index in [1.807, 2.05) is 79.1 Å². The predicted octanol–water partition coefficient (Wildman–Crippen LogP) is 0.918. The van der Waals surface area contributed by atoms with Gasteiger partial charge in [-0.3, -0.25) is 38.4 Å². The number of unbranched alkanes of at least 4 members (excludes halogenated alkanes) is 1. The number of thioether (sulfide) groups is 1. The van der Waals surface area contributed by atoms with E-state index < -0.39 is 89.6 Å². The Labute approximate surface area is 432 Å². The Bertz CT molecular complexity index is 2930. The van der Waals surface area contributed by atoms with Crippen molar-refractivity contribution >= 4 is 91.7 Å². The van der Waals surface area contributed by atoms with Gasteiger partial charge in [0.2, 0.25) is 47.3 Å². The lowest BCUT2D eigenvalue weighted by atomic mass is 10.00. The van der Waals surface area contributed by atoms with E-state index in [-0.39, 0.29) is 38.6 Å². The molecule has 394 valence electrons. The van der Waals surface area contributed by atoms with E-state index in [0.717, 1.165) is 32.7 Å². The topological polar surface area (TPSA) is 346 Å². The molecule has 3 aromatic carbocycles. The molecule has 0 aliphatic rings. The number of aromatic nitrogens is 3. The lowest BCUT2D eigenvalue weighted by Gasteiger charge is -2.27. The number of H-pyrrole nitrogens is 3. The first kappa shape index (κ1) is 55.6. The van der Waals surface area contributed by atoms with Crippen LogP contribution in [0.25, 0.3) is 32.7 Å². The molecule has 0 spiro atoms. The molecule has 0 radical (unpaired) electrons. The fraction of sp³-hybridized carbons (Fsp3) is 0.385. The molecule has 3 aromatic heterocycles. The molecule has 0 aliphatic heterocycles. The molecule has 0 unspecified atom stereocenters. The number of primary amides is 1. The first-order valence-corrected chi connectivity index (χ1v) is 25.9. The maximum atomic E-state index is 14.9. The number of carbonyl (C=O) groups is 8. The second-order valence-corrected chi connectivity index (χ2v) is 19.2. The fourth-order valence-electron chi connectivity index (χ4n) is 8.62. The van der Waals surface area contributed by atoms with Gasteiger partial charge < -0.3 is 69.4 Å². The summed E-state index contributed by atoms with van der Waals surface area (Å²) in [5.41, 5.74) is 21.3. The zero-order valence-electron chi connectivity index (χ0n) is 41.7. The van der Waals surface area contributed by atoms with Crippen molar-refractivity contribution in [3.8, 4) is 0 Å². The van der Waals surface area contributed by atoms with Crippen LogP contribution in [0.3, 0.4) is 0 Å². The standard InChI is InChI=1S/C52H67N13O8S/c1-29(60-49(70)41(19-21-74-3)61-45(66)25-54)47(68)59-30(2)48(69)63-42(22-31-26-56-37-15-7-4-12-34(31)37)51(72)65-44(24-33-28-58-39-17-9-6-14-36(33)39)52(73)64-43(23-32-27-57-38-16-8-5-13-35(32)38)50(71)62-40(46(55)67)18-10-11-20-53/h4-9,12-17,26-30,40-44,56-58H,10-11,18-25,53-54H2,1-3H3,(H2,55,67)(H,59,68)(H,60,70)(H,61,66)(H,62,71)(H,63,69)(H,64,73)(H,65,72)/t29-,30-,40-,41-,42-,43+,44+/m0/s1. The second-order valence-electron chi connectivity index (χ2n) is 18.2. The summed E-state index contributed by atoms with van der Waals surface area (Å²) in [6.07, 6.45) is 8.50. The van der Waals surface area contributed by atoms with Gasteiger partial charge in [-0.2, -0.15) is 11.8 Å². The lowest BCUT2D eigenvalue weighted by Crippen LogP contribution is -2.60. The molecule has 0 aliphatic carbocycles. The van der Waals surface area contributed by atoms with Crippen molar-refractivity contribution in [2.75, 3.05) is 25.1 Å². The first-order valence-electron chi connectivity index (χ1n) is 24.6. The van der Waals surface area contributed by atoms with Crippen molar-refractivity contribution < 1.29 is 38.4 Å². The summed E-state index contributed by atoms with van der Waals surface area (Å²) in [6.45, 7) is 2.89. The third-order valence-corrected chi connectivity index (χ3v) is 13.4. The minimum Gasteiger partial charge on any atom is -0.368 e. The summed E-state index contributed by atoms with van der Waals surface area (Å²) >= 11 is 1.47. The van der Waals surface area contributed by atoms with E-state index >= 15 is 0 Å². The van der Waals surface area contributed by atoms with Gasteiger partial charge in [-0.05, 0) is 93.0 Å². The van der Waals surface area contributed by atoms with Crippen LogP contribution >= 0.6 is 11.8 Å². The number of amides is 8. The summed E-state index contributed by atoms with van der Waals surface area (Å²) in [6, 6.07) is 13.9. The van der Waals surface area contributed by atoms with Crippen molar-refractivity contribution in [3.05, 3.63) is 108 Å². The quantitative estimate of drug-likeness (QED) is 0.0307. The number of benzene rings is 3. The van der Waals surface area contributed by atoms with Crippen molar-refractivity contribution in [2.45, 2.75) is 101 Å². The molecule has 0 fully saturated rings. The number of carbonyl (C=O) groups excluding carboxylic acids is 8. The highest BCUT2D eigenvalue weighted by Crippen LogP contribution is 2.23. The smallest absolute Gasteiger partial charge is 0.243 e. The summed E-state index contributed by atoms with van der Waals surface area (Å²) in [5.74, 6) is -5.01. The average Bonchev–Trinajstić information content (AvgIpc) is 4.13. The molecule has 16 N–H and O–H groups in total. The van der Waals surface area contributed by atoms with Crippen molar-refractivity contribution in [3.63, 3.8) is 0 Å². The molecule has 0 bridgehead atoms. The van der Waals surface area contributed by atoms with E-state index in [9.17, 15) is 38.4 Å². The molecular weight excluding hydrogens is 967 g/mol. The number of hydrogen-bond acceptors (Lipinski definition) is 11. The molecule has 22 heteroatoms. The van der Waals surface area contributed by atoms with E-state index in [4.69, 9.17) is 17.2 Å². The summed E-state index contributed by atoms with van der Waals surface area (Å²) in [4.78, 5) is 119. The zero-order valence-corrected chi connectivity index (χ0v) is 42.5. The molecular formula is C52H67N13O8S. The van der Waals surface area contributed by atoms with Crippen LogP contribution < -0.4 is 54.4 Å². The fourth-order valence-corrected chi connectivity index (χ4v) is 9.09. The van der Waals surface area contributed by atoms with Crippen LogP contribution in [0.1, 0.15) is 56.2 Å². The Hall–Kier alpha value is -7.69. The van der Waals surface area contributed by atoms with Crippen LogP contribution in [-0.4, -0.2) is 130 Å². The Kier molecular flexibility index (Phi) is 20.2. The molecule has 0 saturated carbocycles. The van der Waals surface area contributed by atoms with Crippen molar-refractivity contribution in [1.29, 1.82) is 0 Å². The predicted molar refractivity (Wildman–Crippen MR) is 285 cm³/mol. The van der Waals surface area contributed by atoms with Gasteiger partial charge in [-0.15, -0.1) is 0 Å². The van der Waals surface area contributed by atoms with Crippen LogP contribution in [-0.2, 0) is 57.6 Å². The van der Waals surface area contributed by atoms with Crippen LogP contribution in [0.5, 0.6) is 0 Å². The van der Waals surface area contributed by atoms with Gasteiger partial charge in [-0.25, -0.2) is 0 Å². The number of aromatic amines is 3. The van der Waals surface area contributed by atoms with Crippen LogP contribution in [0.15, 0.2) is 91.4 Å². The molecule has 21 nitrogen and oxygen atoms in total. The second kappa shape index (κ2) is 26.8. The average molecular weight is 1030 g/mol. The van der Waals surface area contributed by atoms with Gasteiger partial charge in [0.25, 0.3) is 0 Å². The van der Waals surface area contributed by atoms with Gasteiger partial charge >= 0.3 is 0 Å². The normalized spacial score (nSPS) is 14.2. The maximum Gasteiger partial charge on any atom is 0.243 e. The van der Waals surface area contributed by atoms with Crippen molar-refractivity contribution in [1.82, 2.24) is 52.2 Å². The van der Waals surface area contributed by atoms with Gasteiger partial charge in [0.05, 0.1) is 6.54 Å². The number of nitrogens with two attached hydrogens (primary N) is 3. The van der Waals surface area contributed by atoms with Crippen LogP contribution in [0.2, 0.25) is 0 Å². The van der Waals surface area contributed by atoms with Crippen LogP contribution in [0, 0.1) is 0 Å². The number of nitrogens with one attached hydrogen (secondary N) is 10. The Morgan fingerprint density at radius 2 is 0.865 bits per heavy atom. The molecule has 6 aromatic rings. The first-order chi connectivity index (χ1) is 35.6. The van der Waals surface area contributed by atoms with E-state index in [1.165, 1.54) is 25.6 Å². The number of hydrogen-bond donors (Lipinski definition) is 13. The van der Waals surface area contributed by atoms with Gasteiger partial charge in [-0.1, -0.05) is 54.6 Å². The molecule has 6 rings (SSSR count). The number of fused-ring (bicyclic) bond motifs is 3. The minimum absolute atomic E-state index is 0.0157. The van der Waals surface area contributed by atoms with E-state index in [2.05, 4.69) is 52.2 Å². The largest absolute Gasteiger partial charge is 0.368 e. The Morgan fingerprint density at radius 3 is 1.27 bits per heavy atom. The Balaban J connectivity index is 1.27. The number of para-hydroxylation sites is 3. The summed E-state index contributed by atoms with van der Waals surface area (Å²) in [5, 5.41) is 21.4. The zero-order chi connectivity index (χ0) is 53.3. The minimum atomic E-state index is -1.35. The molecule has 8 amide bonds. The van der Waals surface area contributed by atoms with Crippen LogP contribution in [0.4, 0.5) is 0 Å². The summed E-state index contributed by atoms with van der Waals surface area (Å²) < 4.78 is 0. The molecule has 0 saturated heterocycles. The van der Waals surface area contributed by atoms with E-state index in [0.29, 0.717) is 41.8 Å². The lowest BCUT2D eigenvalue weighted by molar-refractivity contribution is -0.135. The van der Waals surface area contributed by atoms with E-state index in [1.54, 1.807) is 18.6 Å². The maximum absolute atomic E-state index is 14.9. The molecule has 3 heterocycles. The monoisotopic (exact) mass is 1030 g/mol. The highest BCUT2D eigenvalue weighted by Gasteiger charge is 2.34. The third kappa shape index (κ3) is 14.9. The SMILES string of the molecule is CSCC[C@H](NC(=O)CN)C(=O)N[C@@H](C)C(=O)N[C@@H](C)C(=O)N[C@@H](Cc1c[nH]c2ccccc12)C(=O)N[C@H](Cc1c[nH]c2ccccc12)C(=O)N[C@H](Cc1c[nH]c2ccccc12)C(=O)N[C@@H](CCCCN)C(N)=O. The highest BCUT2D eigenvalue weighted by molar-refractivity contribution is 7.98. The Morgan fingerprint density at radius 1 is 0.486 bits per heavy atom.